The summed E-state index contributed by atoms with van der Waals surface area (Å²) in [4.78, 5) is 24.8. The van der Waals surface area contributed by atoms with Crippen LogP contribution in [0.25, 0.3) is 0 Å². The maximum Gasteiger partial charge on any atom is 0.227 e. The summed E-state index contributed by atoms with van der Waals surface area (Å²) in [7, 11) is -2.23. The molecule has 1 aromatic carbocycles. The van der Waals surface area contributed by atoms with Crippen molar-refractivity contribution in [1.82, 2.24) is 0 Å². The molecule has 0 aromatic heterocycles. The third kappa shape index (κ3) is 3.63. The number of hydrogen-bond donors (Lipinski definition) is 1. The number of carbonyl (C=O) groups excluding carboxylic acids is 1. The van der Waals surface area contributed by atoms with Crippen LogP contribution in [0.5, 0.6) is 0 Å². The van der Waals surface area contributed by atoms with Gasteiger partial charge < -0.3 is 9.70 Å². The molecule has 1 amide bonds. The highest BCUT2D eigenvalue weighted by molar-refractivity contribution is 9.10. The lowest BCUT2D eigenvalue weighted by Crippen LogP contribution is -2.40. The highest BCUT2D eigenvalue weighted by Gasteiger charge is 2.42. The Labute approximate surface area is 143 Å². The molecular formula is C17H26BrNO2Si. The van der Waals surface area contributed by atoms with Gasteiger partial charge in [0.1, 0.15) is 0 Å². The van der Waals surface area contributed by atoms with E-state index in [0.29, 0.717) is 12.3 Å². The fraction of sp³-hybridized carbons (Fsp3) is 0.588. The van der Waals surface area contributed by atoms with Gasteiger partial charge in [-0.05, 0) is 61.2 Å². The molecule has 0 aliphatic carbocycles. The molecule has 2 rings (SSSR count). The summed E-state index contributed by atoms with van der Waals surface area (Å²) in [5.74, 6) is 0.521. The Hall–Kier alpha value is -0.653. The van der Waals surface area contributed by atoms with Gasteiger partial charge in [0.25, 0.3) is 0 Å². The van der Waals surface area contributed by atoms with Gasteiger partial charge in [-0.15, -0.1) is 0 Å². The molecule has 0 radical (unpaired) electrons. The van der Waals surface area contributed by atoms with Crippen LogP contribution in [-0.2, 0) is 4.79 Å². The average molecular weight is 384 g/mol. The van der Waals surface area contributed by atoms with Crippen LogP contribution < -0.4 is 4.90 Å². The van der Waals surface area contributed by atoms with E-state index < -0.39 is 8.32 Å². The van der Waals surface area contributed by atoms with Crippen molar-refractivity contribution in [2.24, 2.45) is 5.92 Å². The third-order valence-corrected chi connectivity index (χ3v) is 9.12. The second kappa shape index (κ2) is 6.10. The first-order valence-corrected chi connectivity index (χ1v) is 11.5. The van der Waals surface area contributed by atoms with Gasteiger partial charge in [-0.3, -0.25) is 4.79 Å². The zero-order valence-electron chi connectivity index (χ0n) is 14.1. The van der Waals surface area contributed by atoms with Crippen LogP contribution in [-0.4, -0.2) is 25.6 Å². The zero-order chi connectivity index (χ0) is 16.7. The summed E-state index contributed by atoms with van der Waals surface area (Å²) in [6.45, 7) is 11.0. The molecule has 5 heteroatoms. The molecule has 3 nitrogen and oxygen atoms in total. The van der Waals surface area contributed by atoms with Gasteiger partial charge >= 0.3 is 0 Å². The van der Waals surface area contributed by atoms with Gasteiger partial charge in [-0.25, -0.2) is 0 Å². The Kier molecular flexibility index (Phi) is 4.90. The Morgan fingerprint density at radius 2 is 2.05 bits per heavy atom. The van der Waals surface area contributed by atoms with Crippen LogP contribution in [0, 0.1) is 12.8 Å². The van der Waals surface area contributed by atoms with Crippen LogP contribution >= 0.6 is 15.9 Å². The number of halogens is 1. The van der Waals surface area contributed by atoms with Crippen LogP contribution in [0.1, 0.15) is 32.3 Å². The standard InChI is InChI=1S/C17H26BrNO2Si/c1-12-8-14(18)6-7-15(12)19-11-13(9-16(19)20)10-17(2,3)22(4,5)21/h6-8,13,21H,9-11H2,1-5H3/t13-/m0/s1. The molecule has 0 spiro atoms. The first kappa shape index (κ1) is 17.7. The van der Waals surface area contributed by atoms with Crippen molar-refractivity contribution in [2.45, 2.75) is 51.7 Å². The molecule has 1 heterocycles. The molecule has 1 fully saturated rings. The van der Waals surface area contributed by atoms with E-state index in [9.17, 15) is 9.59 Å². The third-order valence-electron chi connectivity index (χ3n) is 5.11. The Balaban J connectivity index is 2.15. The Morgan fingerprint density at radius 3 is 2.59 bits per heavy atom. The topological polar surface area (TPSA) is 40.5 Å². The van der Waals surface area contributed by atoms with Crippen LogP contribution in [0.15, 0.2) is 22.7 Å². The molecular weight excluding hydrogens is 358 g/mol. The van der Waals surface area contributed by atoms with E-state index >= 15 is 0 Å². The number of hydrogen-bond acceptors (Lipinski definition) is 2. The van der Waals surface area contributed by atoms with Gasteiger partial charge in [-0.1, -0.05) is 29.8 Å². The molecule has 0 unspecified atom stereocenters. The van der Waals surface area contributed by atoms with Crippen LogP contribution in [0.2, 0.25) is 18.1 Å². The summed E-state index contributed by atoms with van der Waals surface area (Å²) in [6, 6.07) is 6.04. The van der Waals surface area contributed by atoms with E-state index in [1.54, 1.807) is 0 Å². The normalized spacial score (nSPS) is 19.9. The smallest absolute Gasteiger partial charge is 0.227 e. The highest BCUT2D eigenvalue weighted by Crippen LogP contribution is 2.44. The lowest BCUT2D eigenvalue weighted by atomic mass is 9.95. The number of carbonyl (C=O) groups is 1. The predicted octanol–water partition coefficient (Wildman–Crippen LogP) is 4.48. The van der Waals surface area contributed by atoms with Crippen LogP contribution in [0.3, 0.4) is 0 Å². The van der Waals surface area contributed by atoms with Crippen LogP contribution in [0.4, 0.5) is 5.69 Å². The highest BCUT2D eigenvalue weighted by atomic mass is 79.9. The minimum Gasteiger partial charge on any atom is -0.432 e. The Morgan fingerprint density at radius 1 is 1.41 bits per heavy atom. The maximum atomic E-state index is 12.4. The van der Waals surface area contributed by atoms with Crippen molar-refractivity contribution < 1.29 is 9.59 Å². The van der Waals surface area contributed by atoms with E-state index in [0.717, 1.165) is 28.7 Å². The van der Waals surface area contributed by atoms with Gasteiger partial charge in [0.2, 0.25) is 5.91 Å². The maximum absolute atomic E-state index is 12.4. The molecule has 22 heavy (non-hydrogen) atoms. The molecule has 1 aliphatic rings. The number of nitrogens with zero attached hydrogens (tertiary/aromatic N) is 1. The molecule has 1 saturated heterocycles. The monoisotopic (exact) mass is 383 g/mol. The van der Waals surface area contributed by atoms with E-state index in [4.69, 9.17) is 0 Å². The summed E-state index contributed by atoms with van der Waals surface area (Å²) in [6.07, 6.45) is 1.49. The minimum absolute atomic E-state index is 0.0806. The molecule has 0 saturated carbocycles. The zero-order valence-corrected chi connectivity index (χ0v) is 16.7. The quantitative estimate of drug-likeness (QED) is 0.778. The summed E-state index contributed by atoms with van der Waals surface area (Å²) >= 11 is 3.47. The Bertz CT molecular complexity index is 581. The largest absolute Gasteiger partial charge is 0.432 e. The second-order valence-electron chi connectivity index (χ2n) is 7.65. The summed E-state index contributed by atoms with van der Waals surface area (Å²) < 4.78 is 1.03. The number of amides is 1. The SMILES string of the molecule is Cc1cc(Br)ccc1N1C[C@H](CC(C)(C)[Si](C)(C)O)CC1=O. The minimum atomic E-state index is -2.23. The number of aryl methyl sites for hydroxylation is 1. The molecule has 1 aliphatic heterocycles. The number of benzene rings is 1. The fourth-order valence-electron chi connectivity index (χ4n) is 3.04. The van der Waals surface area contributed by atoms with Crippen molar-refractivity contribution in [2.75, 3.05) is 11.4 Å². The number of rotatable bonds is 4. The molecule has 122 valence electrons. The van der Waals surface area contributed by atoms with Crippen molar-refractivity contribution >= 4 is 35.8 Å². The lowest BCUT2D eigenvalue weighted by Gasteiger charge is -2.37. The molecule has 1 atom stereocenters. The summed E-state index contributed by atoms with van der Waals surface area (Å²) in [5, 5.41) is -0.0806. The van der Waals surface area contributed by atoms with Gasteiger partial charge in [-0.2, -0.15) is 0 Å². The predicted molar refractivity (Wildman–Crippen MR) is 97.7 cm³/mol. The van der Waals surface area contributed by atoms with E-state index in [-0.39, 0.29) is 10.9 Å². The number of anilines is 1. The van der Waals surface area contributed by atoms with E-state index in [2.05, 4.69) is 29.8 Å². The first-order chi connectivity index (χ1) is 10.0. The van der Waals surface area contributed by atoms with Gasteiger partial charge in [0, 0.05) is 23.1 Å². The van der Waals surface area contributed by atoms with Crippen molar-refractivity contribution in [3.05, 3.63) is 28.2 Å². The lowest BCUT2D eigenvalue weighted by molar-refractivity contribution is -0.117. The van der Waals surface area contributed by atoms with Crippen molar-refractivity contribution in [3.63, 3.8) is 0 Å². The van der Waals surface area contributed by atoms with Crippen molar-refractivity contribution in [3.8, 4) is 0 Å². The fourth-order valence-corrected chi connectivity index (χ4v) is 4.31. The molecule has 1 aromatic rings. The second-order valence-corrected chi connectivity index (χ2v) is 13.0. The average Bonchev–Trinajstić information content (AvgIpc) is 2.67. The first-order valence-electron chi connectivity index (χ1n) is 7.80. The van der Waals surface area contributed by atoms with E-state index in [1.807, 2.05) is 43.1 Å². The summed E-state index contributed by atoms with van der Waals surface area (Å²) in [5.41, 5.74) is 2.12. The molecule has 0 bridgehead atoms. The van der Waals surface area contributed by atoms with E-state index in [1.165, 1.54) is 0 Å². The van der Waals surface area contributed by atoms with Crippen molar-refractivity contribution in [1.29, 1.82) is 0 Å². The van der Waals surface area contributed by atoms with Gasteiger partial charge in [0.15, 0.2) is 8.32 Å². The van der Waals surface area contributed by atoms with Gasteiger partial charge in [0.05, 0.1) is 0 Å². The molecule has 1 N–H and O–H groups in total.